The van der Waals surface area contributed by atoms with Crippen molar-refractivity contribution in [3.63, 3.8) is 0 Å². The lowest BCUT2D eigenvalue weighted by Crippen LogP contribution is -2.34. The summed E-state index contributed by atoms with van der Waals surface area (Å²) in [5, 5.41) is 9.75. The van der Waals surface area contributed by atoms with E-state index in [4.69, 9.17) is 0 Å². The Morgan fingerprint density at radius 1 is 1.38 bits per heavy atom. The second-order valence-electron chi connectivity index (χ2n) is 3.52. The Balaban J connectivity index is 4.41. The molecule has 0 unspecified atom stereocenters. The maximum Gasteiger partial charge on any atom is 0.313 e. The van der Waals surface area contributed by atoms with Crippen LogP contribution in [0.25, 0.3) is 0 Å². The fourth-order valence-electron chi connectivity index (χ4n) is 0.933. The quantitative estimate of drug-likeness (QED) is 0.422. The van der Waals surface area contributed by atoms with E-state index < -0.39 is 23.8 Å². The van der Waals surface area contributed by atoms with E-state index in [1.54, 1.807) is 12.2 Å². The summed E-state index contributed by atoms with van der Waals surface area (Å²) in [5.74, 6) is -1.23. The van der Waals surface area contributed by atoms with Crippen LogP contribution in [0.5, 0.6) is 0 Å². The van der Waals surface area contributed by atoms with Crippen LogP contribution in [0.2, 0.25) is 0 Å². The summed E-state index contributed by atoms with van der Waals surface area (Å²) in [6.45, 7) is 3.32. The van der Waals surface area contributed by atoms with Gasteiger partial charge in [-0.25, -0.2) is 0 Å². The van der Waals surface area contributed by atoms with Crippen molar-refractivity contribution in [3.05, 3.63) is 24.3 Å². The fourth-order valence-corrected chi connectivity index (χ4v) is 0.933. The zero-order chi connectivity index (χ0) is 12.6. The standard InChI is InChI=1S/C12H18O4/c1-4-5-6-7-8-12(2,15)10(13)9-11(14)16-3/h5-8,15H,4,9H2,1-3H3/b6-5+,8-7+/t12-/m1/s1. The predicted octanol–water partition coefficient (Wildman–Crippen LogP) is 1.39. The van der Waals surface area contributed by atoms with Crippen LogP contribution in [-0.4, -0.2) is 29.6 Å². The molecule has 0 aliphatic carbocycles. The van der Waals surface area contributed by atoms with Crippen molar-refractivity contribution in [2.75, 3.05) is 7.11 Å². The van der Waals surface area contributed by atoms with Crippen LogP contribution < -0.4 is 0 Å². The van der Waals surface area contributed by atoms with Crippen molar-refractivity contribution in [1.82, 2.24) is 0 Å². The minimum absolute atomic E-state index is 0.425. The Morgan fingerprint density at radius 2 is 2.00 bits per heavy atom. The van der Waals surface area contributed by atoms with E-state index in [1.807, 2.05) is 13.0 Å². The minimum atomic E-state index is -1.63. The van der Waals surface area contributed by atoms with Gasteiger partial charge in [0.15, 0.2) is 5.78 Å². The van der Waals surface area contributed by atoms with Gasteiger partial charge in [0.05, 0.1) is 7.11 Å². The number of aliphatic hydroxyl groups is 1. The number of rotatable bonds is 6. The first-order valence-corrected chi connectivity index (χ1v) is 5.11. The predicted molar refractivity (Wildman–Crippen MR) is 60.8 cm³/mol. The molecule has 4 nitrogen and oxygen atoms in total. The van der Waals surface area contributed by atoms with E-state index >= 15 is 0 Å². The van der Waals surface area contributed by atoms with Crippen LogP contribution in [-0.2, 0) is 14.3 Å². The topological polar surface area (TPSA) is 63.6 Å². The highest BCUT2D eigenvalue weighted by atomic mass is 16.5. The number of hydrogen-bond donors (Lipinski definition) is 1. The van der Waals surface area contributed by atoms with Crippen LogP contribution >= 0.6 is 0 Å². The molecule has 0 aliphatic rings. The molecule has 0 spiro atoms. The lowest BCUT2D eigenvalue weighted by molar-refractivity contribution is -0.147. The first-order valence-electron chi connectivity index (χ1n) is 5.11. The number of Topliss-reactive ketones (excluding diaryl/α,β-unsaturated/α-hetero) is 1. The van der Waals surface area contributed by atoms with Gasteiger partial charge in [0.25, 0.3) is 0 Å². The molecule has 0 heterocycles. The van der Waals surface area contributed by atoms with Crippen molar-refractivity contribution >= 4 is 11.8 Å². The van der Waals surface area contributed by atoms with Crippen LogP contribution in [0.1, 0.15) is 26.7 Å². The number of carbonyl (C=O) groups is 2. The van der Waals surface area contributed by atoms with Gasteiger partial charge in [0.1, 0.15) is 12.0 Å². The monoisotopic (exact) mass is 226 g/mol. The number of ether oxygens (including phenoxy) is 1. The fraction of sp³-hybridized carbons (Fsp3) is 0.500. The largest absolute Gasteiger partial charge is 0.469 e. The summed E-state index contributed by atoms with van der Waals surface area (Å²) in [6.07, 6.45) is 7.01. The molecule has 0 fully saturated rings. The molecule has 0 saturated heterocycles. The van der Waals surface area contributed by atoms with Crippen molar-refractivity contribution in [1.29, 1.82) is 0 Å². The molecular formula is C12H18O4. The second kappa shape index (κ2) is 6.95. The molecule has 0 bridgehead atoms. The molecule has 1 atom stereocenters. The summed E-state index contributed by atoms with van der Waals surface area (Å²) in [6, 6.07) is 0. The average Bonchev–Trinajstić information content (AvgIpc) is 2.24. The normalized spacial score (nSPS) is 15.2. The summed E-state index contributed by atoms with van der Waals surface area (Å²) in [4.78, 5) is 22.3. The number of carbonyl (C=O) groups excluding carboxylic acids is 2. The number of esters is 1. The van der Waals surface area contributed by atoms with Crippen molar-refractivity contribution in [2.45, 2.75) is 32.3 Å². The van der Waals surface area contributed by atoms with Gasteiger partial charge in [-0.3, -0.25) is 9.59 Å². The van der Waals surface area contributed by atoms with Gasteiger partial charge in [-0.15, -0.1) is 0 Å². The number of ketones is 1. The molecule has 0 rings (SSSR count). The van der Waals surface area contributed by atoms with E-state index in [0.717, 1.165) is 6.42 Å². The SMILES string of the molecule is CC/C=C/C=C/[C@@](C)(O)C(=O)CC(=O)OC. The highest BCUT2D eigenvalue weighted by molar-refractivity contribution is 6.01. The molecule has 0 aromatic rings. The molecule has 16 heavy (non-hydrogen) atoms. The van der Waals surface area contributed by atoms with Crippen LogP contribution in [0, 0.1) is 0 Å². The second-order valence-corrected chi connectivity index (χ2v) is 3.52. The highest BCUT2D eigenvalue weighted by Crippen LogP contribution is 2.10. The molecule has 0 aromatic carbocycles. The van der Waals surface area contributed by atoms with Crippen LogP contribution in [0.4, 0.5) is 0 Å². The smallest absolute Gasteiger partial charge is 0.313 e. The Kier molecular flexibility index (Phi) is 6.34. The molecule has 0 amide bonds. The summed E-state index contributed by atoms with van der Waals surface area (Å²) in [5.41, 5.74) is -1.63. The third-order valence-corrected chi connectivity index (χ3v) is 2.00. The zero-order valence-corrected chi connectivity index (χ0v) is 9.90. The van der Waals surface area contributed by atoms with Gasteiger partial charge in [0, 0.05) is 0 Å². The maximum absolute atomic E-state index is 11.5. The Hall–Kier alpha value is -1.42. The summed E-state index contributed by atoms with van der Waals surface area (Å²) < 4.78 is 4.35. The van der Waals surface area contributed by atoms with Gasteiger partial charge in [-0.1, -0.05) is 25.2 Å². The minimum Gasteiger partial charge on any atom is -0.469 e. The molecule has 90 valence electrons. The average molecular weight is 226 g/mol. The first-order chi connectivity index (χ1) is 7.44. The lowest BCUT2D eigenvalue weighted by Gasteiger charge is -2.16. The highest BCUT2D eigenvalue weighted by Gasteiger charge is 2.28. The van der Waals surface area contributed by atoms with E-state index in [9.17, 15) is 14.7 Å². The van der Waals surface area contributed by atoms with E-state index in [2.05, 4.69) is 4.74 Å². The van der Waals surface area contributed by atoms with Gasteiger partial charge in [-0.05, 0) is 19.4 Å². The van der Waals surface area contributed by atoms with Gasteiger partial charge < -0.3 is 9.84 Å². The van der Waals surface area contributed by atoms with Crippen LogP contribution in [0.3, 0.4) is 0 Å². The molecule has 0 radical (unpaired) electrons. The summed E-state index contributed by atoms with van der Waals surface area (Å²) >= 11 is 0. The molecular weight excluding hydrogens is 208 g/mol. The number of allylic oxidation sites excluding steroid dienone is 3. The molecule has 0 aromatic heterocycles. The number of hydrogen-bond acceptors (Lipinski definition) is 4. The Bertz CT molecular complexity index is 300. The molecule has 0 aliphatic heterocycles. The lowest BCUT2D eigenvalue weighted by atomic mass is 9.98. The third kappa shape index (κ3) is 5.46. The molecule has 0 saturated carbocycles. The van der Waals surface area contributed by atoms with Crippen molar-refractivity contribution in [2.24, 2.45) is 0 Å². The van der Waals surface area contributed by atoms with Gasteiger partial charge in [0.2, 0.25) is 0 Å². The third-order valence-electron chi connectivity index (χ3n) is 2.00. The molecule has 1 N–H and O–H groups in total. The van der Waals surface area contributed by atoms with E-state index in [-0.39, 0.29) is 0 Å². The Labute approximate surface area is 95.6 Å². The maximum atomic E-state index is 11.5. The zero-order valence-electron chi connectivity index (χ0n) is 9.90. The van der Waals surface area contributed by atoms with Gasteiger partial charge in [-0.2, -0.15) is 0 Å². The van der Waals surface area contributed by atoms with Crippen molar-refractivity contribution < 1.29 is 19.4 Å². The van der Waals surface area contributed by atoms with E-state index in [0.29, 0.717) is 0 Å². The van der Waals surface area contributed by atoms with E-state index in [1.165, 1.54) is 20.1 Å². The van der Waals surface area contributed by atoms with Crippen molar-refractivity contribution in [3.8, 4) is 0 Å². The number of methoxy groups -OCH3 is 1. The Morgan fingerprint density at radius 3 is 2.50 bits per heavy atom. The van der Waals surface area contributed by atoms with Gasteiger partial charge >= 0.3 is 5.97 Å². The summed E-state index contributed by atoms with van der Waals surface area (Å²) in [7, 11) is 1.20. The first kappa shape index (κ1) is 14.6. The van der Waals surface area contributed by atoms with Crippen LogP contribution in [0.15, 0.2) is 24.3 Å². The molecule has 4 heteroatoms.